The van der Waals surface area contributed by atoms with Crippen molar-refractivity contribution in [2.75, 3.05) is 0 Å². The fourth-order valence-electron chi connectivity index (χ4n) is 2.94. The molecular weight excluding hydrogens is 448 g/mol. The Morgan fingerprint density at radius 1 is 1.09 bits per heavy atom. The van der Waals surface area contributed by atoms with Crippen LogP contribution in [0.25, 0.3) is 10.9 Å². The number of aromatic nitrogens is 2. The summed E-state index contributed by atoms with van der Waals surface area (Å²) in [5.74, 6) is -0.423. The summed E-state index contributed by atoms with van der Waals surface area (Å²) in [5.41, 5.74) is 5.60. The standard InChI is InChI=1S/C23H25ClN4O3S/c1-14(2)11-12-28-22(31)18-10-9-17(24)13-19(18)25-23(28)32-15(3)20(29)26-27-21(30)16-7-5-4-6-8-16/h4-10,13-15H,11-12H2,1-3H3,(H,26,29)(H,27,30)/t15-/m0/s1. The third kappa shape index (κ3) is 5.89. The highest BCUT2D eigenvalue weighted by molar-refractivity contribution is 8.00. The van der Waals surface area contributed by atoms with Crippen LogP contribution in [-0.2, 0) is 11.3 Å². The number of nitrogens with zero attached hydrogens (tertiary/aromatic N) is 2. The molecule has 0 spiro atoms. The maximum atomic E-state index is 13.1. The SMILES string of the molecule is CC(C)CCn1c(S[C@@H](C)C(=O)NNC(=O)c2ccccc2)nc2cc(Cl)ccc2c1=O. The largest absolute Gasteiger partial charge is 0.287 e. The zero-order valence-electron chi connectivity index (χ0n) is 18.1. The first-order valence-corrected chi connectivity index (χ1v) is 11.5. The summed E-state index contributed by atoms with van der Waals surface area (Å²) < 4.78 is 1.60. The quantitative estimate of drug-likeness (QED) is 0.307. The fraction of sp³-hybridized carbons (Fsp3) is 0.304. The summed E-state index contributed by atoms with van der Waals surface area (Å²) in [7, 11) is 0. The van der Waals surface area contributed by atoms with E-state index in [0.717, 1.165) is 18.2 Å². The molecule has 0 bridgehead atoms. The topological polar surface area (TPSA) is 93.1 Å². The average molecular weight is 473 g/mol. The second-order valence-corrected chi connectivity index (χ2v) is 9.51. The molecule has 1 heterocycles. The van der Waals surface area contributed by atoms with Gasteiger partial charge in [-0.25, -0.2) is 4.98 Å². The van der Waals surface area contributed by atoms with Gasteiger partial charge in [0, 0.05) is 17.1 Å². The van der Waals surface area contributed by atoms with Crippen molar-refractivity contribution in [3.05, 3.63) is 69.5 Å². The number of thioether (sulfide) groups is 1. The van der Waals surface area contributed by atoms with E-state index in [9.17, 15) is 14.4 Å². The number of hydrazine groups is 1. The summed E-state index contributed by atoms with van der Waals surface area (Å²) in [6.07, 6.45) is 0.794. The second kappa shape index (κ2) is 10.7. The number of halogens is 1. The molecule has 168 valence electrons. The van der Waals surface area contributed by atoms with Gasteiger partial charge in [-0.1, -0.05) is 55.4 Å². The van der Waals surface area contributed by atoms with Crippen LogP contribution >= 0.6 is 23.4 Å². The first-order chi connectivity index (χ1) is 15.3. The number of rotatable bonds is 7. The molecule has 9 heteroatoms. The number of carbonyl (C=O) groups is 2. The van der Waals surface area contributed by atoms with Gasteiger partial charge in [-0.05, 0) is 49.6 Å². The first kappa shape index (κ1) is 23.8. The van der Waals surface area contributed by atoms with E-state index < -0.39 is 17.1 Å². The van der Waals surface area contributed by atoms with Gasteiger partial charge in [0.15, 0.2) is 5.16 Å². The maximum Gasteiger partial charge on any atom is 0.269 e. The van der Waals surface area contributed by atoms with Crippen molar-refractivity contribution in [1.29, 1.82) is 0 Å². The average Bonchev–Trinajstić information content (AvgIpc) is 2.77. The summed E-state index contributed by atoms with van der Waals surface area (Å²) in [5, 5.41) is 0.784. The van der Waals surface area contributed by atoms with Crippen molar-refractivity contribution in [1.82, 2.24) is 20.4 Å². The van der Waals surface area contributed by atoms with Gasteiger partial charge in [0.2, 0.25) is 0 Å². The molecule has 3 aromatic rings. The molecule has 0 aliphatic heterocycles. The lowest BCUT2D eigenvalue weighted by molar-refractivity contribution is -0.121. The van der Waals surface area contributed by atoms with Gasteiger partial charge in [0.1, 0.15) is 0 Å². The van der Waals surface area contributed by atoms with Crippen LogP contribution in [0.1, 0.15) is 37.6 Å². The predicted octanol–water partition coefficient (Wildman–Crippen LogP) is 4.04. The Labute approximate surface area is 195 Å². The Balaban J connectivity index is 1.79. The van der Waals surface area contributed by atoms with Crippen LogP contribution in [0.3, 0.4) is 0 Å². The highest BCUT2D eigenvalue weighted by atomic mass is 35.5. The summed E-state index contributed by atoms with van der Waals surface area (Å²) in [6.45, 7) is 6.34. The molecule has 2 amide bonds. The smallest absolute Gasteiger partial charge is 0.269 e. The molecular formula is C23H25ClN4O3S. The van der Waals surface area contributed by atoms with E-state index >= 15 is 0 Å². The minimum Gasteiger partial charge on any atom is -0.287 e. The van der Waals surface area contributed by atoms with Crippen LogP contribution in [0.4, 0.5) is 0 Å². The number of amides is 2. The molecule has 0 fully saturated rings. The van der Waals surface area contributed by atoms with E-state index in [4.69, 9.17) is 11.6 Å². The predicted molar refractivity (Wildman–Crippen MR) is 128 cm³/mol. The van der Waals surface area contributed by atoms with Gasteiger partial charge in [-0.15, -0.1) is 0 Å². The van der Waals surface area contributed by atoms with E-state index in [-0.39, 0.29) is 5.56 Å². The lowest BCUT2D eigenvalue weighted by Crippen LogP contribution is -2.45. The van der Waals surface area contributed by atoms with E-state index in [1.165, 1.54) is 0 Å². The Bertz CT molecular complexity index is 1180. The van der Waals surface area contributed by atoms with Gasteiger partial charge < -0.3 is 0 Å². The van der Waals surface area contributed by atoms with Gasteiger partial charge in [-0.2, -0.15) is 0 Å². The molecule has 0 unspecified atom stereocenters. The van der Waals surface area contributed by atoms with Crippen molar-refractivity contribution in [3.8, 4) is 0 Å². The molecule has 0 radical (unpaired) electrons. The Hall–Kier alpha value is -2.84. The van der Waals surface area contributed by atoms with Gasteiger partial charge in [0.25, 0.3) is 17.4 Å². The van der Waals surface area contributed by atoms with Crippen molar-refractivity contribution in [3.63, 3.8) is 0 Å². The van der Waals surface area contributed by atoms with Crippen LogP contribution in [-0.4, -0.2) is 26.6 Å². The molecule has 2 N–H and O–H groups in total. The number of hydrogen-bond donors (Lipinski definition) is 2. The molecule has 0 aliphatic carbocycles. The summed E-state index contributed by atoms with van der Waals surface area (Å²) in [6, 6.07) is 13.6. The van der Waals surface area contributed by atoms with E-state index in [0.29, 0.717) is 39.1 Å². The molecule has 32 heavy (non-hydrogen) atoms. The van der Waals surface area contributed by atoms with Crippen molar-refractivity contribution in [2.24, 2.45) is 5.92 Å². The highest BCUT2D eigenvalue weighted by Crippen LogP contribution is 2.24. The third-order valence-electron chi connectivity index (χ3n) is 4.80. The van der Waals surface area contributed by atoms with Crippen molar-refractivity contribution >= 4 is 46.1 Å². The Morgan fingerprint density at radius 2 is 1.81 bits per heavy atom. The maximum absolute atomic E-state index is 13.1. The highest BCUT2D eigenvalue weighted by Gasteiger charge is 2.20. The number of hydrogen-bond acceptors (Lipinski definition) is 5. The Morgan fingerprint density at radius 3 is 2.50 bits per heavy atom. The second-order valence-electron chi connectivity index (χ2n) is 7.76. The number of fused-ring (bicyclic) bond motifs is 1. The normalized spacial score (nSPS) is 12.0. The van der Waals surface area contributed by atoms with Crippen LogP contribution < -0.4 is 16.4 Å². The molecule has 1 aromatic heterocycles. The molecule has 0 aliphatic rings. The van der Waals surface area contributed by atoms with Crippen molar-refractivity contribution < 1.29 is 9.59 Å². The minimum atomic E-state index is -0.611. The Kier molecular flexibility index (Phi) is 7.93. The van der Waals surface area contributed by atoms with E-state index in [1.54, 1.807) is 60.0 Å². The number of carbonyl (C=O) groups excluding carboxylic acids is 2. The monoisotopic (exact) mass is 472 g/mol. The van der Waals surface area contributed by atoms with Crippen LogP contribution in [0.5, 0.6) is 0 Å². The molecule has 2 aromatic carbocycles. The minimum absolute atomic E-state index is 0.167. The summed E-state index contributed by atoms with van der Waals surface area (Å²) >= 11 is 7.24. The third-order valence-corrected chi connectivity index (χ3v) is 6.12. The fourth-order valence-corrected chi connectivity index (χ4v) is 4.04. The van der Waals surface area contributed by atoms with Crippen LogP contribution in [0.2, 0.25) is 5.02 Å². The molecule has 1 atom stereocenters. The zero-order valence-corrected chi connectivity index (χ0v) is 19.7. The van der Waals surface area contributed by atoms with Crippen LogP contribution in [0.15, 0.2) is 58.5 Å². The molecule has 0 saturated carbocycles. The van der Waals surface area contributed by atoms with Gasteiger partial charge in [-0.3, -0.25) is 29.8 Å². The summed E-state index contributed by atoms with van der Waals surface area (Å²) in [4.78, 5) is 42.5. The molecule has 0 saturated heterocycles. The zero-order chi connectivity index (χ0) is 23.3. The van der Waals surface area contributed by atoms with E-state index in [1.807, 2.05) is 0 Å². The van der Waals surface area contributed by atoms with Gasteiger partial charge >= 0.3 is 0 Å². The van der Waals surface area contributed by atoms with E-state index in [2.05, 4.69) is 29.7 Å². The lowest BCUT2D eigenvalue weighted by atomic mass is 10.1. The number of nitrogens with one attached hydrogen (secondary N) is 2. The molecule has 7 nitrogen and oxygen atoms in total. The van der Waals surface area contributed by atoms with Crippen LogP contribution in [0, 0.1) is 5.92 Å². The van der Waals surface area contributed by atoms with Crippen molar-refractivity contribution in [2.45, 2.75) is 44.1 Å². The van der Waals surface area contributed by atoms with Gasteiger partial charge in [0.05, 0.1) is 16.2 Å². The molecule has 3 rings (SSSR count). The number of benzene rings is 2. The lowest BCUT2D eigenvalue weighted by Gasteiger charge is -2.17. The first-order valence-electron chi connectivity index (χ1n) is 10.3.